The van der Waals surface area contributed by atoms with Crippen molar-refractivity contribution in [3.63, 3.8) is 0 Å². The van der Waals surface area contributed by atoms with Crippen LogP contribution in [0.3, 0.4) is 0 Å². The molecule has 1 aliphatic rings. The quantitative estimate of drug-likeness (QED) is 0.863. The number of nitrogens with zero attached hydrogens (tertiary/aromatic N) is 2. The first-order chi connectivity index (χ1) is 8.52. The van der Waals surface area contributed by atoms with E-state index in [1.807, 2.05) is 13.8 Å². The van der Waals surface area contributed by atoms with E-state index in [-0.39, 0.29) is 6.04 Å². The van der Waals surface area contributed by atoms with Crippen LogP contribution in [-0.2, 0) is 4.79 Å². The Bertz CT molecular complexity index is 410. The van der Waals surface area contributed by atoms with E-state index in [0.717, 1.165) is 10.8 Å². The molecular weight excluding hydrogens is 270 g/mol. The number of rotatable bonds is 5. The molecule has 1 aromatic heterocycles. The first kappa shape index (κ1) is 13.8. The Hall–Kier alpha value is -0.660. The summed E-state index contributed by atoms with van der Waals surface area (Å²) in [5.74, 6) is -0.739. The van der Waals surface area contributed by atoms with Crippen LogP contribution < -0.4 is 5.32 Å². The summed E-state index contributed by atoms with van der Waals surface area (Å²) in [7, 11) is 0. The summed E-state index contributed by atoms with van der Waals surface area (Å²) in [5.41, 5.74) is -0.767. The fraction of sp³-hybridized carbons (Fsp3) is 0.727. The van der Waals surface area contributed by atoms with Crippen LogP contribution in [-0.4, -0.2) is 37.3 Å². The Morgan fingerprint density at radius 1 is 1.72 bits per heavy atom. The van der Waals surface area contributed by atoms with Crippen LogP contribution in [0.1, 0.15) is 33.1 Å². The first-order valence-corrected chi connectivity index (χ1v) is 7.61. The average molecular weight is 287 g/mol. The van der Waals surface area contributed by atoms with Gasteiger partial charge in [-0.05, 0) is 44.6 Å². The largest absolute Gasteiger partial charge is 0.480 e. The summed E-state index contributed by atoms with van der Waals surface area (Å²) in [5, 5.41) is 13.0. The van der Waals surface area contributed by atoms with Gasteiger partial charge in [0, 0.05) is 11.3 Å². The second-order valence-electron chi connectivity index (χ2n) is 4.88. The van der Waals surface area contributed by atoms with Crippen LogP contribution in [0.25, 0.3) is 0 Å². The highest BCUT2D eigenvalue weighted by Gasteiger charge is 2.46. The first-order valence-electron chi connectivity index (χ1n) is 5.96. The fourth-order valence-corrected chi connectivity index (χ4v) is 4.38. The zero-order valence-corrected chi connectivity index (χ0v) is 12.1. The van der Waals surface area contributed by atoms with Gasteiger partial charge in [0.2, 0.25) is 0 Å². The van der Waals surface area contributed by atoms with Crippen LogP contribution in [0.15, 0.2) is 10.7 Å². The Labute approximate surface area is 115 Å². The Morgan fingerprint density at radius 2 is 2.50 bits per heavy atom. The highest BCUT2D eigenvalue weighted by atomic mass is 32.2. The van der Waals surface area contributed by atoms with Crippen molar-refractivity contribution in [2.75, 3.05) is 0 Å². The third-order valence-electron chi connectivity index (χ3n) is 3.05. The molecule has 1 aromatic rings. The van der Waals surface area contributed by atoms with Crippen molar-refractivity contribution >= 4 is 29.3 Å². The molecule has 100 valence electrons. The van der Waals surface area contributed by atoms with E-state index in [9.17, 15) is 9.90 Å². The maximum atomic E-state index is 11.5. The number of thioether (sulfide) groups is 1. The lowest BCUT2D eigenvalue weighted by Gasteiger charge is -2.28. The molecule has 1 saturated carbocycles. The lowest BCUT2D eigenvalue weighted by atomic mass is 9.97. The molecule has 1 fully saturated rings. The number of aromatic nitrogens is 2. The third kappa shape index (κ3) is 3.02. The normalized spacial score (nSPS) is 27.8. The summed E-state index contributed by atoms with van der Waals surface area (Å²) in [4.78, 5) is 15.6. The van der Waals surface area contributed by atoms with Crippen molar-refractivity contribution in [1.29, 1.82) is 0 Å². The SMILES string of the molecule is CC(C)NC1(C(=O)O)CCC(Sc2ncns2)C1. The van der Waals surface area contributed by atoms with E-state index in [4.69, 9.17) is 0 Å². The molecule has 0 radical (unpaired) electrons. The van der Waals surface area contributed by atoms with Crippen LogP contribution in [0.4, 0.5) is 0 Å². The van der Waals surface area contributed by atoms with Crippen molar-refractivity contribution in [2.24, 2.45) is 0 Å². The van der Waals surface area contributed by atoms with Gasteiger partial charge >= 0.3 is 5.97 Å². The van der Waals surface area contributed by atoms with E-state index in [1.165, 1.54) is 11.5 Å². The standard InChI is InChI=1S/C11H17N3O2S2/c1-7(2)14-11(9(15)16)4-3-8(5-11)17-10-12-6-13-18-10/h6-8,14H,3-5H2,1-2H3,(H,15,16). The Kier molecular flexibility index (Phi) is 4.24. The number of carboxylic acids is 1. The summed E-state index contributed by atoms with van der Waals surface area (Å²) >= 11 is 3.01. The molecule has 0 aromatic carbocycles. The molecule has 5 nitrogen and oxygen atoms in total. The van der Waals surface area contributed by atoms with Crippen molar-refractivity contribution in [3.8, 4) is 0 Å². The summed E-state index contributed by atoms with van der Waals surface area (Å²) < 4.78 is 4.88. The van der Waals surface area contributed by atoms with Gasteiger partial charge in [0.1, 0.15) is 11.9 Å². The number of hydrogen-bond donors (Lipinski definition) is 2. The minimum atomic E-state index is -0.767. The van der Waals surface area contributed by atoms with Gasteiger partial charge in [-0.25, -0.2) is 4.98 Å². The minimum Gasteiger partial charge on any atom is -0.480 e. The molecule has 2 rings (SSSR count). The van der Waals surface area contributed by atoms with E-state index in [2.05, 4.69) is 14.7 Å². The molecule has 2 unspecified atom stereocenters. The minimum absolute atomic E-state index is 0.173. The number of carboxylic acid groups (broad SMARTS) is 1. The maximum Gasteiger partial charge on any atom is 0.323 e. The van der Waals surface area contributed by atoms with Gasteiger partial charge in [-0.1, -0.05) is 11.8 Å². The Morgan fingerprint density at radius 3 is 3.06 bits per heavy atom. The average Bonchev–Trinajstić information content (AvgIpc) is 2.89. The van der Waals surface area contributed by atoms with E-state index in [1.54, 1.807) is 18.1 Å². The molecule has 18 heavy (non-hydrogen) atoms. The molecule has 0 saturated heterocycles. The van der Waals surface area contributed by atoms with Crippen molar-refractivity contribution in [2.45, 2.75) is 54.3 Å². The van der Waals surface area contributed by atoms with Gasteiger partial charge in [0.15, 0.2) is 4.34 Å². The molecule has 0 spiro atoms. The fourth-order valence-electron chi connectivity index (χ4n) is 2.40. The Balaban J connectivity index is 2.01. The van der Waals surface area contributed by atoms with E-state index < -0.39 is 11.5 Å². The predicted octanol–water partition coefficient (Wildman–Crippen LogP) is 2.00. The zero-order valence-electron chi connectivity index (χ0n) is 10.4. The second-order valence-corrected chi connectivity index (χ2v) is 7.20. The number of aliphatic carboxylic acids is 1. The third-order valence-corrected chi connectivity index (χ3v) is 5.07. The van der Waals surface area contributed by atoms with Gasteiger partial charge in [-0.2, -0.15) is 4.37 Å². The lowest BCUT2D eigenvalue weighted by molar-refractivity contribution is -0.145. The van der Waals surface area contributed by atoms with Crippen molar-refractivity contribution in [1.82, 2.24) is 14.7 Å². The molecule has 1 heterocycles. The topological polar surface area (TPSA) is 75.1 Å². The number of hydrogen-bond acceptors (Lipinski definition) is 6. The zero-order chi connectivity index (χ0) is 13.2. The van der Waals surface area contributed by atoms with Crippen LogP contribution >= 0.6 is 23.3 Å². The van der Waals surface area contributed by atoms with Crippen molar-refractivity contribution < 1.29 is 9.90 Å². The molecule has 1 aliphatic carbocycles. The maximum absolute atomic E-state index is 11.5. The molecule has 7 heteroatoms. The molecular formula is C11H17N3O2S2. The van der Waals surface area contributed by atoms with Crippen LogP contribution in [0.2, 0.25) is 0 Å². The summed E-state index contributed by atoms with van der Waals surface area (Å²) in [6.07, 6.45) is 3.76. The second kappa shape index (κ2) is 5.54. The molecule has 0 bridgehead atoms. The monoisotopic (exact) mass is 287 g/mol. The van der Waals surface area contributed by atoms with Gasteiger partial charge in [0.25, 0.3) is 0 Å². The van der Waals surface area contributed by atoms with Gasteiger partial charge < -0.3 is 5.11 Å². The van der Waals surface area contributed by atoms with Gasteiger partial charge in [-0.3, -0.25) is 10.1 Å². The highest BCUT2D eigenvalue weighted by molar-refractivity contribution is 8.01. The van der Waals surface area contributed by atoms with Gasteiger partial charge in [0.05, 0.1) is 0 Å². The summed E-state index contributed by atoms with van der Waals surface area (Å²) in [6, 6.07) is 0.173. The highest BCUT2D eigenvalue weighted by Crippen LogP contribution is 2.40. The van der Waals surface area contributed by atoms with Gasteiger partial charge in [-0.15, -0.1) is 0 Å². The van der Waals surface area contributed by atoms with Crippen LogP contribution in [0.5, 0.6) is 0 Å². The number of nitrogens with one attached hydrogen (secondary N) is 1. The smallest absolute Gasteiger partial charge is 0.323 e. The predicted molar refractivity (Wildman–Crippen MR) is 72.0 cm³/mol. The lowest BCUT2D eigenvalue weighted by Crippen LogP contribution is -2.53. The van der Waals surface area contributed by atoms with Crippen molar-refractivity contribution in [3.05, 3.63) is 6.33 Å². The van der Waals surface area contributed by atoms with E-state index >= 15 is 0 Å². The molecule has 2 N–H and O–H groups in total. The number of carbonyl (C=O) groups is 1. The summed E-state index contributed by atoms with van der Waals surface area (Å²) in [6.45, 7) is 3.96. The molecule has 0 amide bonds. The van der Waals surface area contributed by atoms with E-state index in [0.29, 0.717) is 18.1 Å². The molecule has 2 atom stereocenters. The van der Waals surface area contributed by atoms with Crippen LogP contribution in [0, 0.1) is 0 Å². The molecule has 0 aliphatic heterocycles.